The van der Waals surface area contributed by atoms with Gasteiger partial charge in [0.05, 0.1) is 6.54 Å². The second kappa shape index (κ2) is 7.63. The van der Waals surface area contributed by atoms with Gasteiger partial charge in [0.2, 0.25) is 5.91 Å². The van der Waals surface area contributed by atoms with E-state index in [1.54, 1.807) is 29.6 Å². The minimum atomic E-state index is -3.64. The molecule has 5 nitrogen and oxygen atoms in total. The molecule has 0 unspecified atom stereocenters. The van der Waals surface area contributed by atoms with Crippen molar-refractivity contribution >= 4 is 50.5 Å². The molecular formula is C14H14Cl2N2O3S2. The van der Waals surface area contributed by atoms with Crippen LogP contribution in [0.1, 0.15) is 5.56 Å². The lowest BCUT2D eigenvalue weighted by Gasteiger charge is -2.16. The number of benzene rings is 1. The van der Waals surface area contributed by atoms with Crippen LogP contribution in [0, 0.1) is 0 Å². The van der Waals surface area contributed by atoms with Crippen LogP contribution in [0.4, 0.5) is 0 Å². The van der Waals surface area contributed by atoms with Gasteiger partial charge in [0.15, 0.2) is 0 Å². The molecule has 0 fully saturated rings. The van der Waals surface area contributed by atoms with Gasteiger partial charge in [-0.3, -0.25) is 4.79 Å². The predicted molar refractivity (Wildman–Crippen MR) is 92.4 cm³/mol. The number of thiophene rings is 1. The number of hydrogen-bond donors (Lipinski definition) is 1. The maximum atomic E-state index is 12.2. The van der Waals surface area contributed by atoms with Crippen molar-refractivity contribution in [1.82, 2.24) is 9.62 Å². The molecule has 0 saturated carbocycles. The van der Waals surface area contributed by atoms with E-state index < -0.39 is 15.9 Å². The van der Waals surface area contributed by atoms with Gasteiger partial charge in [0, 0.05) is 23.6 Å². The largest absolute Gasteiger partial charge is 0.351 e. The van der Waals surface area contributed by atoms with Crippen LogP contribution in [0.15, 0.2) is 39.9 Å². The van der Waals surface area contributed by atoms with Gasteiger partial charge in [0.25, 0.3) is 10.0 Å². The van der Waals surface area contributed by atoms with Crippen molar-refractivity contribution in [2.75, 3.05) is 13.6 Å². The minimum Gasteiger partial charge on any atom is -0.351 e. The number of halogens is 2. The Morgan fingerprint density at radius 3 is 2.65 bits per heavy atom. The van der Waals surface area contributed by atoms with Crippen molar-refractivity contribution in [3.8, 4) is 0 Å². The van der Waals surface area contributed by atoms with Crippen molar-refractivity contribution < 1.29 is 13.2 Å². The fourth-order valence-corrected chi connectivity index (χ4v) is 4.57. The first kappa shape index (κ1) is 18.2. The summed E-state index contributed by atoms with van der Waals surface area (Å²) in [4.78, 5) is 11.9. The van der Waals surface area contributed by atoms with Gasteiger partial charge in [-0.15, -0.1) is 11.3 Å². The smallest absolute Gasteiger partial charge is 0.252 e. The second-order valence-corrected chi connectivity index (χ2v) is 8.77. The van der Waals surface area contributed by atoms with Gasteiger partial charge < -0.3 is 5.32 Å². The van der Waals surface area contributed by atoms with Crippen molar-refractivity contribution in [2.24, 2.45) is 0 Å². The number of rotatable bonds is 6. The third-order valence-corrected chi connectivity index (χ3v) is 6.78. The van der Waals surface area contributed by atoms with Crippen molar-refractivity contribution in [1.29, 1.82) is 0 Å². The average Bonchev–Trinajstić information content (AvgIpc) is 3.01. The highest BCUT2D eigenvalue weighted by molar-refractivity contribution is 7.91. The van der Waals surface area contributed by atoms with Crippen LogP contribution in [0.25, 0.3) is 0 Å². The SMILES string of the molecule is CN(CC(=O)NCc1ccc(Cl)cc1Cl)S(=O)(=O)c1cccs1. The zero-order chi connectivity index (χ0) is 17.0. The van der Waals surface area contributed by atoms with Gasteiger partial charge in [-0.25, -0.2) is 8.42 Å². The lowest BCUT2D eigenvalue weighted by molar-refractivity contribution is -0.121. The maximum absolute atomic E-state index is 12.2. The zero-order valence-electron chi connectivity index (χ0n) is 12.1. The molecule has 23 heavy (non-hydrogen) atoms. The van der Waals surface area contributed by atoms with E-state index in [0.29, 0.717) is 15.6 Å². The molecule has 0 aliphatic heterocycles. The average molecular weight is 393 g/mol. The van der Waals surface area contributed by atoms with Gasteiger partial charge in [-0.05, 0) is 29.1 Å². The molecule has 0 aliphatic rings. The molecule has 0 atom stereocenters. The summed E-state index contributed by atoms with van der Waals surface area (Å²) in [6.07, 6.45) is 0. The lowest BCUT2D eigenvalue weighted by atomic mass is 10.2. The summed E-state index contributed by atoms with van der Waals surface area (Å²) in [7, 11) is -2.27. The summed E-state index contributed by atoms with van der Waals surface area (Å²) < 4.78 is 25.6. The normalized spacial score (nSPS) is 11.7. The first-order valence-electron chi connectivity index (χ1n) is 6.51. The third kappa shape index (κ3) is 4.68. The number of carbonyl (C=O) groups is 1. The summed E-state index contributed by atoms with van der Waals surface area (Å²) >= 11 is 12.9. The number of nitrogens with zero attached hydrogens (tertiary/aromatic N) is 1. The Hall–Kier alpha value is -1.12. The highest BCUT2D eigenvalue weighted by Gasteiger charge is 2.23. The molecule has 0 spiro atoms. The molecular weight excluding hydrogens is 379 g/mol. The minimum absolute atomic E-state index is 0.196. The van der Waals surface area contributed by atoms with Crippen LogP contribution in [0.5, 0.6) is 0 Å². The molecule has 1 aromatic carbocycles. The highest BCUT2D eigenvalue weighted by atomic mass is 35.5. The third-order valence-electron chi connectivity index (χ3n) is 3.02. The van der Waals surface area contributed by atoms with Crippen LogP contribution < -0.4 is 5.32 Å². The summed E-state index contributed by atoms with van der Waals surface area (Å²) in [5, 5.41) is 5.26. The van der Waals surface area contributed by atoms with Crippen molar-refractivity contribution in [3.63, 3.8) is 0 Å². The van der Waals surface area contributed by atoms with Crippen molar-refractivity contribution in [2.45, 2.75) is 10.8 Å². The zero-order valence-corrected chi connectivity index (χ0v) is 15.3. The maximum Gasteiger partial charge on any atom is 0.252 e. The molecule has 1 heterocycles. The van der Waals surface area contributed by atoms with Gasteiger partial charge >= 0.3 is 0 Å². The van der Waals surface area contributed by atoms with Gasteiger partial charge in [-0.1, -0.05) is 35.3 Å². The molecule has 0 saturated heterocycles. The molecule has 1 amide bonds. The predicted octanol–water partition coefficient (Wildman–Crippen LogP) is 2.99. The molecule has 124 valence electrons. The monoisotopic (exact) mass is 392 g/mol. The summed E-state index contributed by atoms with van der Waals surface area (Å²) in [6.45, 7) is -0.0762. The fourth-order valence-electron chi connectivity index (χ4n) is 1.77. The van der Waals surface area contributed by atoms with Crippen LogP contribution in [-0.2, 0) is 21.4 Å². The quantitative estimate of drug-likeness (QED) is 0.821. The van der Waals surface area contributed by atoms with E-state index in [1.165, 1.54) is 13.1 Å². The Bertz CT molecular complexity index is 792. The second-order valence-electron chi connectivity index (χ2n) is 4.71. The van der Waals surface area contributed by atoms with Crippen LogP contribution in [-0.4, -0.2) is 32.2 Å². The van der Waals surface area contributed by atoms with E-state index in [0.717, 1.165) is 15.6 Å². The van der Waals surface area contributed by atoms with Crippen LogP contribution in [0.2, 0.25) is 10.0 Å². The molecule has 1 N–H and O–H groups in total. The van der Waals surface area contributed by atoms with E-state index in [2.05, 4.69) is 5.32 Å². The first-order valence-corrected chi connectivity index (χ1v) is 9.59. The topological polar surface area (TPSA) is 66.5 Å². The molecule has 9 heteroatoms. The fraction of sp³-hybridized carbons (Fsp3) is 0.214. The van der Waals surface area contributed by atoms with E-state index >= 15 is 0 Å². The Labute approximate surface area is 148 Å². The number of carbonyl (C=O) groups excluding carboxylic acids is 1. The molecule has 0 bridgehead atoms. The number of nitrogens with one attached hydrogen (secondary N) is 1. The molecule has 1 aromatic heterocycles. The van der Waals surface area contributed by atoms with Crippen LogP contribution in [0.3, 0.4) is 0 Å². The number of hydrogen-bond acceptors (Lipinski definition) is 4. The summed E-state index contributed by atoms with van der Waals surface area (Å²) in [5.41, 5.74) is 0.702. The number of amides is 1. The Kier molecular flexibility index (Phi) is 6.05. The summed E-state index contributed by atoms with van der Waals surface area (Å²) in [5.74, 6) is -0.418. The summed E-state index contributed by atoms with van der Waals surface area (Å²) in [6, 6.07) is 8.10. The molecule has 2 rings (SSSR count). The standard InChI is InChI=1S/C14H14Cl2N2O3S2/c1-18(23(20,21)14-3-2-6-22-14)9-13(19)17-8-10-4-5-11(15)7-12(10)16/h2-7H,8-9H2,1H3,(H,17,19). The highest BCUT2D eigenvalue weighted by Crippen LogP contribution is 2.21. The van der Waals surface area contributed by atoms with E-state index in [-0.39, 0.29) is 17.3 Å². The molecule has 2 aromatic rings. The molecule has 0 radical (unpaired) electrons. The van der Waals surface area contributed by atoms with Gasteiger partial charge in [-0.2, -0.15) is 4.31 Å². The van der Waals surface area contributed by atoms with E-state index in [1.807, 2.05) is 0 Å². The van der Waals surface area contributed by atoms with E-state index in [9.17, 15) is 13.2 Å². The van der Waals surface area contributed by atoms with Gasteiger partial charge in [0.1, 0.15) is 4.21 Å². The Balaban J connectivity index is 1.94. The number of sulfonamides is 1. The Morgan fingerprint density at radius 2 is 2.04 bits per heavy atom. The number of likely N-dealkylation sites (N-methyl/N-ethyl adjacent to an activating group) is 1. The lowest BCUT2D eigenvalue weighted by Crippen LogP contribution is -2.37. The van der Waals surface area contributed by atoms with Crippen molar-refractivity contribution in [3.05, 3.63) is 51.3 Å². The molecule has 0 aliphatic carbocycles. The first-order chi connectivity index (χ1) is 10.8. The van der Waals surface area contributed by atoms with E-state index in [4.69, 9.17) is 23.2 Å². The van der Waals surface area contributed by atoms with Crippen LogP contribution >= 0.6 is 34.5 Å². The Morgan fingerprint density at radius 1 is 1.30 bits per heavy atom.